The highest BCUT2D eigenvalue weighted by Crippen LogP contribution is 2.21. The fourth-order valence-corrected chi connectivity index (χ4v) is 2.03. The molecule has 1 aromatic carbocycles. The van der Waals surface area contributed by atoms with Crippen LogP contribution in [-0.2, 0) is 4.74 Å². The summed E-state index contributed by atoms with van der Waals surface area (Å²) in [5.41, 5.74) is 1.31. The molecule has 3 heteroatoms. The van der Waals surface area contributed by atoms with E-state index in [1.807, 2.05) is 6.07 Å². The first-order chi connectivity index (χ1) is 9.31. The van der Waals surface area contributed by atoms with E-state index in [1.54, 1.807) is 7.11 Å². The summed E-state index contributed by atoms with van der Waals surface area (Å²) < 4.78 is 10.8. The van der Waals surface area contributed by atoms with Crippen molar-refractivity contribution >= 4 is 0 Å². The maximum Gasteiger partial charge on any atom is 0.119 e. The van der Waals surface area contributed by atoms with E-state index >= 15 is 0 Å². The highest BCUT2D eigenvalue weighted by molar-refractivity contribution is 5.30. The van der Waals surface area contributed by atoms with E-state index in [1.165, 1.54) is 5.56 Å². The van der Waals surface area contributed by atoms with Gasteiger partial charge in [0, 0.05) is 26.2 Å². The van der Waals surface area contributed by atoms with Crippen LogP contribution in [-0.4, -0.2) is 26.9 Å². The second kappa shape index (κ2) is 9.82. The molecule has 0 spiro atoms. The van der Waals surface area contributed by atoms with Crippen LogP contribution in [0.2, 0.25) is 0 Å². The molecule has 0 aliphatic heterocycles. The quantitative estimate of drug-likeness (QED) is 0.656. The Labute approximate surface area is 117 Å². The number of benzene rings is 1. The molecule has 1 aromatic rings. The Bertz CT molecular complexity index is 341. The molecule has 0 radical (unpaired) electrons. The fraction of sp³-hybridized carbons (Fsp3) is 0.625. The zero-order chi connectivity index (χ0) is 13.9. The Morgan fingerprint density at radius 3 is 2.74 bits per heavy atom. The summed E-state index contributed by atoms with van der Waals surface area (Å²) in [6, 6.07) is 8.81. The third-order valence-corrected chi connectivity index (χ3v) is 3.07. The van der Waals surface area contributed by atoms with E-state index in [9.17, 15) is 0 Å². The molecule has 3 nitrogen and oxygen atoms in total. The van der Waals surface area contributed by atoms with Crippen LogP contribution in [0.4, 0.5) is 0 Å². The van der Waals surface area contributed by atoms with Gasteiger partial charge in [0.1, 0.15) is 5.75 Å². The third kappa shape index (κ3) is 6.08. The molecule has 0 aromatic heterocycles. The number of rotatable bonds is 10. The first-order valence-electron chi connectivity index (χ1n) is 7.26. The molecule has 0 amide bonds. The van der Waals surface area contributed by atoms with Crippen molar-refractivity contribution in [1.29, 1.82) is 0 Å². The van der Waals surface area contributed by atoms with Gasteiger partial charge in [0.15, 0.2) is 0 Å². The van der Waals surface area contributed by atoms with Crippen LogP contribution in [0.25, 0.3) is 0 Å². The number of methoxy groups -OCH3 is 1. The van der Waals surface area contributed by atoms with Crippen molar-refractivity contribution in [3.63, 3.8) is 0 Å². The minimum absolute atomic E-state index is 0.419. The molecule has 0 heterocycles. The summed E-state index contributed by atoms with van der Waals surface area (Å²) >= 11 is 0. The number of nitrogens with one attached hydrogen (secondary N) is 1. The Morgan fingerprint density at radius 2 is 2.05 bits per heavy atom. The predicted octanol–water partition coefficient (Wildman–Crippen LogP) is 3.55. The third-order valence-electron chi connectivity index (χ3n) is 3.07. The molecule has 0 bridgehead atoms. The summed E-state index contributed by atoms with van der Waals surface area (Å²) in [6.45, 7) is 6.90. The van der Waals surface area contributed by atoms with E-state index < -0.39 is 0 Å². The SMILES string of the molecule is CCCNC(CC)c1cccc(OCCCOC)c1. The van der Waals surface area contributed by atoms with Crippen LogP contribution in [0.15, 0.2) is 24.3 Å². The van der Waals surface area contributed by atoms with Gasteiger partial charge in [0.05, 0.1) is 6.61 Å². The van der Waals surface area contributed by atoms with Gasteiger partial charge in [-0.25, -0.2) is 0 Å². The van der Waals surface area contributed by atoms with Crippen LogP contribution < -0.4 is 10.1 Å². The van der Waals surface area contributed by atoms with Crippen molar-refractivity contribution in [3.8, 4) is 5.75 Å². The Hall–Kier alpha value is -1.06. The lowest BCUT2D eigenvalue weighted by atomic mass is 10.0. The average Bonchev–Trinajstić information content (AvgIpc) is 2.45. The zero-order valence-electron chi connectivity index (χ0n) is 12.4. The highest BCUT2D eigenvalue weighted by Gasteiger charge is 2.08. The number of hydrogen-bond donors (Lipinski definition) is 1. The lowest BCUT2D eigenvalue weighted by Gasteiger charge is -2.18. The number of ether oxygens (including phenoxy) is 2. The van der Waals surface area contributed by atoms with Gasteiger partial charge in [-0.05, 0) is 37.1 Å². The average molecular weight is 265 g/mol. The molecule has 0 fully saturated rings. The lowest BCUT2D eigenvalue weighted by molar-refractivity contribution is 0.172. The van der Waals surface area contributed by atoms with E-state index in [2.05, 4.69) is 37.4 Å². The van der Waals surface area contributed by atoms with Gasteiger partial charge in [-0.2, -0.15) is 0 Å². The van der Waals surface area contributed by atoms with Gasteiger partial charge in [-0.3, -0.25) is 0 Å². The van der Waals surface area contributed by atoms with Crippen molar-refractivity contribution in [3.05, 3.63) is 29.8 Å². The Balaban J connectivity index is 2.54. The van der Waals surface area contributed by atoms with Gasteiger partial charge in [0.25, 0.3) is 0 Å². The molecule has 0 aliphatic rings. The van der Waals surface area contributed by atoms with Crippen molar-refractivity contribution in [1.82, 2.24) is 5.32 Å². The van der Waals surface area contributed by atoms with Gasteiger partial charge in [0.2, 0.25) is 0 Å². The van der Waals surface area contributed by atoms with E-state index in [4.69, 9.17) is 9.47 Å². The van der Waals surface area contributed by atoms with Gasteiger partial charge in [-0.1, -0.05) is 26.0 Å². The van der Waals surface area contributed by atoms with Crippen molar-refractivity contribution in [2.75, 3.05) is 26.9 Å². The highest BCUT2D eigenvalue weighted by atomic mass is 16.5. The van der Waals surface area contributed by atoms with Crippen LogP contribution >= 0.6 is 0 Å². The standard InChI is InChI=1S/C16H27NO2/c1-4-10-17-16(5-2)14-8-6-9-15(13-14)19-12-7-11-18-3/h6,8-9,13,16-17H,4-5,7,10-12H2,1-3H3. The Kier molecular flexibility index (Phi) is 8.26. The van der Waals surface area contributed by atoms with E-state index in [0.717, 1.165) is 38.2 Å². The molecule has 1 N–H and O–H groups in total. The molecular weight excluding hydrogens is 238 g/mol. The van der Waals surface area contributed by atoms with E-state index in [0.29, 0.717) is 12.6 Å². The second-order valence-corrected chi connectivity index (χ2v) is 4.68. The summed E-state index contributed by atoms with van der Waals surface area (Å²) in [7, 11) is 1.71. The van der Waals surface area contributed by atoms with E-state index in [-0.39, 0.29) is 0 Å². The minimum Gasteiger partial charge on any atom is -0.493 e. The maximum atomic E-state index is 5.74. The summed E-state index contributed by atoms with van der Waals surface area (Å²) in [5.74, 6) is 0.949. The fourth-order valence-electron chi connectivity index (χ4n) is 2.03. The molecule has 1 rings (SSSR count). The van der Waals surface area contributed by atoms with Gasteiger partial charge < -0.3 is 14.8 Å². The summed E-state index contributed by atoms with van der Waals surface area (Å²) in [5, 5.41) is 3.56. The van der Waals surface area contributed by atoms with Crippen molar-refractivity contribution < 1.29 is 9.47 Å². The van der Waals surface area contributed by atoms with Gasteiger partial charge >= 0.3 is 0 Å². The van der Waals surface area contributed by atoms with Crippen LogP contribution in [0.1, 0.15) is 44.7 Å². The van der Waals surface area contributed by atoms with Crippen LogP contribution in [0.5, 0.6) is 5.75 Å². The lowest BCUT2D eigenvalue weighted by Crippen LogP contribution is -2.21. The minimum atomic E-state index is 0.419. The first-order valence-corrected chi connectivity index (χ1v) is 7.26. The molecule has 1 unspecified atom stereocenters. The maximum absolute atomic E-state index is 5.74. The molecule has 19 heavy (non-hydrogen) atoms. The normalized spacial score (nSPS) is 12.4. The smallest absolute Gasteiger partial charge is 0.119 e. The number of hydrogen-bond acceptors (Lipinski definition) is 3. The molecule has 0 saturated heterocycles. The monoisotopic (exact) mass is 265 g/mol. The Morgan fingerprint density at radius 1 is 1.21 bits per heavy atom. The largest absolute Gasteiger partial charge is 0.493 e. The second-order valence-electron chi connectivity index (χ2n) is 4.68. The summed E-state index contributed by atoms with van der Waals surface area (Å²) in [4.78, 5) is 0. The molecule has 108 valence electrons. The predicted molar refractivity (Wildman–Crippen MR) is 79.8 cm³/mol. The van der Waals surface area contributed by atoms with Gasteiger partial charge in [-0.15, -0.1) is 0 Å². The van der Waals surface area contributed by atoms with Crippen LogP contribution in [0.3, 0.4) is 0 Å². The summed E-state index contributed by atoms with van der Waals surface area (Å²) in [6.07, 6.45) is 3.17. The van der Waals surface area contributed by atoms with Crippen LogP contribution in [0, 0.1) is 0 Å². The first kappa shape index (κ1) is 16.0. The topological polar surface area (TPSA) is 30.5 Å². The molecule has 0 saturated carbocycles. The molecule has 1 atom stereocenters. The van der Waals surface area contributed by atoms with Crippen molar-refractivity contribution in [2.45, 2.75) is 39.2 Å². The zero-order valence-corrected chi connectivity index (χ0v) is 12.4. The molecular formula is C16H27NO2. The van der Waals surface area contributed by atoms with Crippen molar-refractivity contribution in [2.24, 2.45) is 0 Å². The molecule has 0 aliphatic carbocycles.